The van der Waals surface area contributed by atoms with Gasteiger partial charge in [-0.05, 0) is 24.3 Å². The molecular weight excluding hydrogens is 250 g/mol. The molecule has 0 fully saturated rings. The lowest BCUT2D eigenvalue weighted by Gasteiger charge is -2.11. The Hall–Kier alpha value is -2.12. The van der Waals surface area contributed by atoms with E-state index >= 15 is 0 Å². The van der Waals surface area contributed by atoms with E-state index in [4.69, 9.17) is 20.9 Å². The Morgan fingerprint density at radius 2 is 1.95 bits per heavy atom. The highest BCUT2D eigenvalue weighted by molar-refractivity contribution is 5.94. The van der Waals surface area contributed by atoms with Crippen LogP contribution in [0.3, 0.4) is 0 Å². The summed E-state index contributed by atoms with van der Waals surface area (Å²) >= 11 is 0. The van der Waals surface area contributed by atoms with Crippen molar-refractivity contribution in [2.24, 2.45) is 11.5 Å². The third-order valence-electron chi connectivity index (χ3n) is 2.19. The lowest BCUT2D eigenvalue weighted by molar-refractivity contribution is -0.120. The molecule has 104 valence electrons. The van der Waals surface area contributed by atoms with Gasteiger partial charge in [-0.15, -0.1) is 0 Å². The number of nitrogens with two attached hydrogens (primary N) is 2. The summed E-state index contributed by atoms with van der Waals surface area (Å²) in [7, 11) is 1.47. The van der Waals surface area contributed by atoms with E-state index < -0.39 is 11.9 Å². The highest BCUT2D eigenvalue weighted by Gasteiger charge is 2.12. The van der Waals surface area contributed by atoms with Gasteiger partial charge in [0, 0.05) is 12.8 Å². The molecule has 0 spiro atoms. The Labute approximate surface area is 110 Å². The normalized spacial score (nSPS) is 11.7. The van der Waals surface area contributed by atoms with E-state index in [1.807, 2.05) is 0 Å². The lowest BCUT2D eigenvalue weighted by Crippen LogP contribution is -2.39. The number of anilines is 1. The highest BCUT2D eigenvalue weighted by Crippen LogP contribution is 2.15. The number of carbonyl (C=O) groups is 2. The van der Waals surface area contributed by atoms with Crippen LogP contribution in [0.25, 0.3) is 0 Å². The summed E-state index contributed by atoms with van der Waals surface area (Å²) in [6.07, 6.45) is 0. The lowest BCUT2D eigenvalue weighted by atomic mass is 10.2. The van der Waals surface area contributed by atoms with Crippen LogP contribution in [0.1, 0.15) is 0 Å². The Kier molecular flexibility index (Phi) is 5.77. The van der Waals surface area contributed by atoms with E-state index in [9.17, 15) is 9.59 Å². The minimum atomic E-state index is -0.726. The number of nitrogens with one attached hydrogen (secondary N) is 1. The molecule has 0 saturated heterocycles. The van der Waals surface area contributed by atoms with Crippen LogP contribution < -0.4 is 21.5 Å². The first kappa shape index (κ1) is 14.9. The number of rotatable bonds is 7. The number of ether oxygens (including phenoxy) is 2. The standard InChI is InChI=1S/C12H17N3O4/c1-18-6-10(13)12(17)15-8-2-4-9(5-3-8)19-7-11(14)16/h2-5,10H,6-7,13H2,1H3,(H2,14,16)(H,15,17). The molecular formula is C12H17N3O4. The van der Waals surface area contributed by atoms with Crippen molar-refractivity contribution in [3.63, 3.8) is 0 Å². The van der Waals surface area contributed by atoms with Gasteiger partial charge in [-0.1, -0.05) is 0 Å². The molecule has 7 nitrogen and oxygen atoms in total. The van der Waals surface area contributed by atoms with Crippen LogP contribution in [-0.2, 0) is 14.3 Å². The zero-order valence-electron chi connectivity index (χ0n) is 10.6. The van der Waals surface area contributed by atoms with E-state index in [0.717, 1.165) is 0 Å². The second-order valence-electron chi connectivity index (χ2n) is 3.83. The Morgan fingerprint density at radius 1 is 1.32 bits per heavy atom. The molecule has 1 rings (SSSR count). The zero-order valence-corrected chi connectivity index (χ0v) is 10.6. The molecule has 0 radical (unpaired) electrons. The number of carbonyl (C=O) groups excluding carboxylic acids is 2. The molecule has 0 aliphatic heterocycles. The van der Waals surface area contributed by atoms with E-state index in [1.165, 1.54) is 7.11 Å². The molecule has 1 aromatic rings. The first-order chi connectivity index (χ1) is 9.02. The van der Waals surface area contributed by atoms with Gasteiger partial charge >= 0.3 is 0 Å². The third-order valence-corrected chi connectivity index (χ3v) is 2.19. The summed E-state index contributed by atoms with van der Waals surface area (Å²) in [6, 6.07) is 5.76. The summed E-state index contributed by atoms with van der Waals surface area (Å²) in [5.41, 5.74) is 11.1. The summed E-state index contributed by atoms with van der Waals surface area (Å²) in [6.45, 7) is -0.0456. The molecule has 0 aliphatic carbocycles. The van der Waals surface area contributed by atoms with Gasteiger partial charge in [-0.3, -0.25) is 9.59 Å². The van der Waals surface area contributed by atoms with Crippen LogP contribution >= 0.6 is 0 Å². The van der Waals surface area contributed by atoms with Crippen LogP contribution in [0.2, 0.25) is 0 Å². The maximum Gasteiger partial charge on any atom is 0.255 e. The first-order valence-corrected chi connectivity index (χ1v) is 5.59. The fourth-order valence-corrected chi connectivity index (χ4v) is 1.28. The number of hydrogen-bond donors (Lipinski definition) is 3. The molecule has 0 aliphatic rings. The highest BCUT2D eigenvalue weighted by atomic mass is 16.5. The summed E-state index contributed by atoms with van der Waals surface area (Å²) in [4.78, 5) is 22.1. The molecule has 5 N–H and O–H groups in total. The van der Waals surface area contributed by atoms with Crippen molar-refractivity contribution in [1.29, 1.82) is 0 Å². The minimum Gasteiger partial charge on any atom is -0.484 e. The fraction of sp³-hybridized carbons (Fsp3) is 0.333. The quantitative estimate of drug-likeness (QED) is 0.613. The fourth-order valence-electron chi connectivity index (χ4n) is 1.28. The molecule has 1 atom stereocenters. The molecule has 19 heavy (non-hydrogen) atoms. The summed E-state index contributed by atoms with van der Waals surface area (Å²) < 4.78 is 9.87. The van der Waals surface area contributed by atoms with Crippen molar-refractivity contribution in [3.8, 4) is 5.75 Å². The Morgan fingerprint density at radius 3 is 2.47 bits per heavy atom. The van der Waals surface area contributed by atoms with E-state index in [1.54, 1.807) is 24.3 Å². The van der Waals surface area contributed by atoms with Crippen molar-refractivity contribution in [2.75, 3.05) is 25.6 Å². The van der Waals surface area contributed by atoms with Gasteiger partial charge in [-0.2, -0.15) is 0 Å². The van der Waals surface area contributed by atoms with E-state index in [2.05, 4.69) is 5.32 Å². The van der Waals surface area contributed by atoms with Gasteiger partial charge in [-0.25, -0.2) is 0 Å². The molecule has 0 heterocycles. The molecule has 7 heteroatoms. The van der Waals surface area contributed by atoms with Gasteiger partial charge in [0.1, 0.15) is 11.8 Å². The monoisotopic (exact) mass is 267 g/mol. The third kappa shape index (κ3) is 5.36. The topological polar surface area (TPSA) is 117 Å². The predicted octanol–water partition coefficient (Wildman–Crippen LogP) is -0.537. The molecule has 1 unspecified atom stereocenters. The van der Waals surface area contributed by atoms with Crippen LogP contribution in [0, 0.1) is 0 Å². The van der Waals surface area contributed by atoms with Crippen molar-refractivity contribution in [3.05, 3.63) is 24.3 Å². The van der Waals surface area contributed by atoms with E-state index in [0.29, 0.717) is 11.4 Å². The zero-order chi connectivity index (χ0) is 14.3. The number of benzene rings is 1. The second kappa shape index (κ2) is 7.34. The Balaban J connectivity index is 2.52. The van der Waals surface area contributed by atoms with Gasteiger partial charge < -0.3 is 26.3 Å². The van der Waals surface area contributed by atoms with Crippen LogP contribution in [-0.4, -0.2) is 38.2 Å². The molecule has 0 saturated carbocycles. The maximum atomic E-state index is 11.6. The maximum absolute atomic E-state index is 11.6. The largest absolute Gasteiger partial charge is 0.484 e. The average molecular weight is 267 g/mol. The average Bonchev–Trinajstić information content (AvgIpc) is 2.38. The van der Waals surface area contributed by atoms with Crippen LogP contribution in [0.15, 0.2) is 24.3 Å². The van der Waals surface area contributed by atoms with Gasteiger partial charge in [0.2, 0.25) is 5.91 Å². The summed E-state index contributed by atoms with van der Waals surface area (Å²) in [5.74, 6) is -0.409. The van der Waals surface area contributed by atoms with Crippen LogP contribution in [0.5, 0.6) is 5.75 Å². The van der Waals surface area contributed by atoms with E-state index in [-0.39, 0.29) is 19.1 Å². The predicted molar refractivity (Wildman–Crippen MR) is 69.6 cm³/mol. The molecule has 0 bridgehead atoms. The smallest absolute Gasteiger partial charge is 0.255 e. The first-order valence-electron chi connectivity index (χ1n) is 5.59. The van der Waals surface area contributed by atoms with Gasteiger partial charge in [0.15, 0.2) is 6.61 Å². The number of methoxy groups -OCH3 is 1. The second-order valence-corrected chi connectivity index (χ2v) is 3.83. The number of hydrogen-bond acceptors (Lipinski definition) is 5. The van der Waals surface area contributed by atoms with Crippen molar-refractivity contribution >= 4 is 17.5 Å². The summed E-state index contributed by atoms with van der Waals surface area (Å²) in [5, 5.41) is 2.63. The van der Waals surface area contributed by atoms with Crippen molar-refractivity contribution in [2.45, 2.75) is 6.04 Å². The molecule has 1 aromatic carbocycles. The Bertz CT molecular complexity index is 433. The van der Waals surface area contributed by atoms with Gasteiger partial charge in [0.05, 0.1) is 6.61 Å². The van der Waals surface area contributed by atoms with Crippen molar-refractivity contribution in [1.82, 2.24) is 0 Å². The molecule has 0 aromatic heterocycles. The number of primary amides is 1. The number of amides is 2. The van der Waals surface area contributed by atoms with Gasteiger partial charge in [0.25, 0.3) is 5.91 Å². The minimum absolute atomic E-state index is 0.144. The molecule has 2 amide bonds. The SMILES string of the molecule is COCC(N)C(=O)Nc1ccc(OCC(N)=O)cc1. The van der Waals surface area contributed by atoms with Crippen LogP contribution in [0.4, 0.5) is 5.69 Å². The van der Waals surface area contributed by atoms with Crippen molar-refractivity contribution < 1.29 is 19.1 Å².